The molecule has 1 aromatic heterocycles. The first-order valence-electron chi connectivity index (χ1n) is 23.4. The molecule has 326 valence electrons. The minimum atomic E-state index is -0.241. The van der Waals surface area contributed by atoms with E-state index in [-0.39, 0.29) is 39.6 Å². The van der Waals surface area contributed by atoms with Crippen LogP contribution in [0.2, 0.25) is 0 Å². The van der Waals surface area contributed by atoms with Gasteiger partial charge in [0, 0.05) is 33.0 Å². The van der Waals surface area contributed by atoms with E-state index in [2.05, 4.69) is 204 Å². The van der Waals surface area contributed by atoms with Gasteiger partial charge in [-0.2, -0.15) is 0 Å². The van der Waals surface area contributed by atoms with Crippen molar-refractivity contribution >= 4 is 78.0 Å². The van der Waals surface area contributed by atoms with Gasteiger partial charge in [-0.05, 0) is 151 Å². The van der Waals surface area contributed by atoms with Gasteiger partial charge in [-0.3, -0.25) is 0 Å². The van der Waals surface area contributed by atoms with Crippen molar-refractivity contribution in [1.82, 2.24) is 0 Å². The van der Waals surface area contributed by atoms with E-state index in [1.54, 1.807) is 6.07 Å². The van der Waals surface area contributed by atoms with Gasteiger partial charge in [-0.25, -0.2) is 4.39 Å². The van der Waals surface area contributed by atoms with Crippen molar-refractivity contribution < 1.29 is 4.39 Å². The Bertz CT molecular complexity index is 3040. The highest BCUT2D eigenvalue weighted by Gasteiger charge is 2.47. The number of fused-ring (bicyclic) bond motifs is 7. The van der Waals surface area contributed by atoms with Crippen LogP contribution in [0.3, 0.4) is 0 Å². The van der Waals surface area contributed by atoms with Gasteiger partial charge in [-0.15, -0.1) is 11.3 Å². The second-order valence-electron chi connectivity index (χ2n) is 23.6. The molecule has 0 N–H and O–H groups in total. The number of aryl methyl sites for hydroxylation is 1. The SMILES string of the molecule is Cc1ccc2sc3c(c2c1)B1c2cc(C(C)(C)C)ccc2N(c2ccc(C(C)(C)C)cc2-c2ccc4c(c2)C(C)(C)CCC4(C)C)c2cc(F)cc(c21)N3c1ccc(C(C)(C)C)cc1. The molecule has 0 amide bonds. The third kappa shape index (κ3) is 6.78. The minimum Gasteiger partial charge on any atom is -0.311 e. The first kappa shape index (κ1) is 42.8. The zero-order valence-electron chi connectivity index (χ0n) is 40.6. The summed E-state index contributed by atoms with van der Waals surface area (Å²) in [6.07, 6.45) is 2.31. The maximum absolute atomic E-state index is 17.1. The van der Waals surface area contributed by atoms with Gasteiger partial charge in [0.2, 0.25) is 0 Å². The summed E-state index contributed by atoms with van der Waals surface area (Å²) in [7, 11) is 0. The Morgan fingerprint density at radius 3 is 1.77 bits per heavy atom. The topological polar surface area (TPSA) is 6.48 Å². The molecule has 5 heteroatoms. The lowest BCUT2D eigenvalue weighted by Gasteiger charge is -2.44. The van der Waals surface area contributed by atoms with Crippen LogP contribution in [0.15, 0.2) is 109 Å². The molecule has 0 bridgehead atoms. The lowest BCUT2D eigenvalue weighted by atomic mass is 9.33. The van der Waals surface area contributed by atoms with Crippen LogP contribution in [0, 0.1) is 12.7 Å². The fourth-order valence-electron chi connectivity index (χ4n) is 10.9. The predicted octanol–water partition coefficient (Wildman–Crippen LogP) is 15.3. The summed E-state index contributed by atoms with van der Waals surface area (Å²) < 4.78 is 18.3. The van der Waals surface area contributed by atoms with Crippen LogP contribution in [0.5, 0.6) is 0 Å². The second kappa shape index (κ2) is 14.2. The van der Waals surface area contributed by atoms with Crippen LogP contribution >= 0.6 is 11.3 Å². The molecule has 0 unspecified atom stereocenters. The van der Waals surface area contributed by atoms with Gasteiger partial charge in [0.25, 0.3) is 6.71 Å². The third-order valence-electron chi connectivity index (χ3n) is 14.9. The molecule has 2 nitrogen and oxygen atoms in total. The second-order valence-corrected chi connectivity index (χ2v) is 24.6. The zero-order valence-corrected chi connectivity index (χ0v) is 41.4. The van der Waals surface area contributed by atoms with E-state index in [4.69, 9.17) is 0 Å². The summed E-state index contributed by atoms with van der Waals surface area (Å²) in [5.74, 6) is -0.241. The summed E-state index contributed by atoms with van der Waals surface area (Å²) in [5, 5.41) is 2.44. The Morgan fingerprint density at radius 2 is 1.12 bits per heavy atom. The molecule has 2 aliphatic heterocycles. The summed E-state index contributed by atoms with van der Waals surface area (Å²) in [6.45, 7) is 32.3. The molecular weight excluding hydrogens is 799 g/mol. The molecule has 0 saturated carbocycles. The molecule has 64 heavy (non-hydrogen) atoms. The zero-order chi connectivity index (χ0) is 45.6. The third-order valence-corrected chi connectivity index (χ3v) is 16.1. The average molecular weight is 863 g/mol. The van der Waals surface area contributed by atoms with Crippen molar-refractivity contribution in [2.45, 2.75) is 137 Å². The van der Waals surface area contributed by atoms with Crippen molar-refractivity contribution in [3.63, 3.8) is 0 Å². The maximum atomic E-state index is 17.1. The van der Waals surface area contributed by atoms with Crippen LogP contribution in [0.4, 0.5) is 37.8 Å². The number of halogens is 1. The van der Waals surface area contributed by atoms with E-state index in [1.807, 2.05) is 17.4 Å². The Hall–Kier alpha value is -5.13. The number of rotatable bonds is 3. The van der Waals surface area contributed by atoms with E-state index in [0.29, 0.717) is 0 Å². The summed E-state index contributed by atoms with van der Waals surface area (Å²) in [4.78, 5) is 4.79. The van der Waals surface area contributed by atoms with Gasteiger partial charge >= 0.3 is 0 Å². The van der Waals surface area contributed by atoms with E-state index >= 15 is 4.39 Å². The van der Waals surface area contributed by atoms with Gasteiger partial charge in [0.05, 0.1) is 10.7 Å². The molecule has 1 aliphatic carbocycles. The fourth-order valence-corrected chi connectivity index (χ4v) is 12.1. The fraction of sp³-hybridized carbons (Fsp3) is 0.356. The van der Waals surface area contributed by atoms with Gasteiger partial charge in [0.1, 0.15) is 5.82 Å². The highest BCUT2D eigenvalue weighted by molar-refractivity contribution is 7.26. The average Bonchev–Trinajstić information content (AvgIpc) is 3.59. The van der Waals surface area contributed by atoms with Crippen molar-refractivity contribution in [1.29, 1.82) is 0 Å². The quantitative estimate of drug-likeness (QED) is 0.163. The van der Waals surface area contributed by atoms with Crippen LogP contribution in [0.25, 0.3) is 21.2 Å². The van der Waals surface area contributed by atoms with Crippen LogP contribution in [-0.2, 0) is 27.1 Å². The van der Waals surface area contributed by atoms with Crippen LogP contribution < -0.4 is 26.2 Å². The standard InChI is InChI=1S/C59H64BFN2S/c1-35-15-26-51-43(29-35)52-54(64-51)62(41-21-17-37(18-22-41)55(2,3)4)49-33-40(61)34-50-53(49)60(52)46-32-39(57(8,9)10)20-25-48(46)63(50)47-24-19-38(56(5,6)7)31-42(47)36-16-23-44-45(30-36)59(13,14)28-27-58(44,11)12/h15-26,29-34H,27-28H2,1-14H3. The highest BCUT2D eigenvalue weighted by atomic mass is 32.1. The number of thiophene rings is 1. The van der Waals surface area contributed by atoms with Crippen molar-refractivity contribution in [2.24, 2.45) is 0 Å². The van der Waals surface area contributed by atoms with Crippen LogP contribution in [-0.4, -0.2) is 6.71 Å². The highest BCUT2D eigenvalue weighted by Crippen LogP contribution is 2.52. The maximum Gasteiger partial charge on any atom is 0.254 e. The Labute approximate surface area is 386 Å². The largest absolute Gasteiger partial charge is 0.311 e. The number of nitrogens with zero attached hydrogens (tertiary/aromatic N) is 2. The number of anilines is 6. The molecule has 7 aromatic rings. The molecule has 6 aromatic carbocycles. The molecule has 0 saturated heterocycles. The first-order chi connectivity index (χ1) is 29.9. The van der Waals surface area contributed by atoms with E-state index in [0.717, 1.165) is 45.3 Å². The molecule has 0 atom stereocenters. The smallest absolute Gasteiger partial charge is 0.254 e. The van der Waals surface area contributed by atoms with Gasteiger partial charge in [0.15, 0.2) is 0 Å². The lowest BCUT2D eigenvalue weighted by molar-refractivity contribution is 0.332. The summed E-state index contributed by atoms with van der Waals surface area (Å²) in [6, 6.07) is 40.9. The Kier molecular flexibility index (Phi) is 9.49. The Balaban J connectivity index is 1.31. The molecular formula is C59H64BFN2S. The molecule has 0 spiro atoms. The Morgan fingerprint density at radius 1 is 0.547 bits per heavy atom. The molecule has 3 heterocycles. The summed E-state index contributed by atoms with van der Waals surface area (Å²) >= 11 is 1.83. The number of benzene rings is 6. The molecule has 10 rings (SSSR count). The van der Waals surface area contributed by atoms with Gasteiger partial charge in [-0.1, -0.05) is 156 Å². The lowest BCUT2D eigenvalue weighted by Crippen LogP contribution is -2.61. The van der Waals surface area contributed by atoms with Crippen molar-refractivity contribution in [2.75, 3.05) is 9.80 Å². The first-order valence-corrected chi connectivity index (χ1v) is 24.3. The number of hydrogen-bond acceptors (Lipinski definition) is 3. The normalized spacial score (nSPS) is 16.4. The predicted molar refractivity (Wildman–Crippen MR) is 277 cm³/mol. The van der Waals surface area contributed by atoms with E-state index < -0.39 is 0 Å². The van der Waals surface area contributed by atoms with E-state index in [9.17, 15) is 0 Å². The van der Waals surface area contributed by atoms with E-state index in [1.165, 1.54) is 71.9 Å². The van der Waals surface area contributed by atoms with Gasteiger partial charge < -0.3 is 9.80 Å². The molecule has 0 fully saturated rings. The minimum absolute atomic E-state index is 0.00305. The van der Waals surface area contributed by atoms with Crippen molar-refractivity contribution in [3.05, 3.63) is 148 Å². The molecule has 0 radical (unpaired) electrons. The molecule has 3 aliphatic rings. The summed E-state index contributed by atoms with van der Waals surface area (Å²) in [5.41, 5.74) is 19.0. The van der Waals surface area contributed by atoms with Crippen molar-refractivity contribution in [3.8, 4) is 11.1 Å². The number of hydrogen-bond donors (Lipinski definition) is 0. The monoisotopic (exact) mass is 862 g/mol. The van der Waals surface area contributed by atoms with Crippen LogP contribution in [0.1, 0.15) is 136 Å².